The van der Waals surface area contributed by atoms with Crippen LogP contribution in [-0.2, 0) is 14.4 Å². The monoisotopic (exact) mass is 575 g/mol. The van der Waals surface area contributed by atoms with E-state index in [1.807, 2.05) is 56.3 Å². The third-order valence-corrected chi connectivity index (χ3v) is 8.00. The first-order valence-electron chi connectivity index (χ1n) is 13.4. The predicted molar refractivity (Wildman–Crippen MR) is 166 cm³/mol. The van der Waals surface area contributed by atoms with Gasteiger partial charge in [0.1, 0.15) is 5.70 Å². The molecule has 1 saturated heterocycles. The van der Waals surface area contributed by atoms with Crippen LogP contribution in [0.4, 0.5) is 11.4 Å². The van der Waals surface area contributed by atoms with Gasteiger partial charge < -0.3 is 10.6 Å². The van der Waals surface area contributed by atoms with Crippen molar-refractivity contribution in [2.75, 3.05) is 10.2 Å². The van der Waals surface area contributed by atoms with Crippen molar-refractivity contribution in [1.82, 2.24) is 5.32 Å². The number of aryl methyl sites for hydroxylation is 2. The number of carbonyl (C=O) groups excluding carboxylic acids is 4. The van der Waals surface area contributed by atoms with Gasteiger partial charge in [-0.2, -0.15) is 0 Å². The summed E-state index contributed by atoms with van der Waals surface area (Å²) in [4.78, 5) is 53.9. The van der Waals surface area contributed by atoms with E-state index in [1.165, 1.54) is 16.7 Å². The molecule has 1 unspecified atom stereocenters. The molecule has 1 heterocycles. The van der Waals surface area contributed by atoms with Crippen molar-refractivity contribution in [3.8, 4) is 0 Å². The topological polar surface area (TPSA) is 95.6 Å². The van der Waals surface area contributed by atoms with Crippen LogP contribution in [0.3, 0.4) is 0 Å². The number of imide groups is 1. The molecule has 0 saturated carbocycles. The summed E-state index contributed by atoms with van der Waals surface area (Å²) >= 11 is 1.31. The number of thioether (sulfide) groups is 1. The van der Waals surface area contributed by atoms with Crippen LogP contribution in [0.25, 0.3) is 6.08 Å². The highest BCUT2D eigenvalue weighted by Crippen LogP contribution is 2.34. The maximum absolute atomic E-state index is 13.3. The first-order chi connectivity index (χ1) is 20.3. The predicted octanol–water partition coefficient (Wildman–Crippen LogP) is 6.14. The summed E-state index contributed by atoms with van der Waals surface area (Å²) in [5, 5.41) is 5.07. The Morgan fingerprint density at radius 3 is 2.19 bits per heavy atom. The van der Waals surface area contributed by atoms with E-state index in [-0.39, 0.29) is 23.9 Å². The molecule has 0 aromatic heterocycles. The molecule has 210 valence electrons. The number of nitrogens with one attached hydrogen (secondary N) is 2. The molecule has 4 amide bonds. The summed E-state index contributed by atoms with van der Waals surface area (Å²) in [5.41, 5.74) is 4.44. The Bertz CT molecular complexity index is 1670. The number of hydrogen-bond donors (Lipinski definition) is 2. The van der Waals surface area contributed by atoms with Gasteiger partial charge in [0.2, 0.25) is 11.8 Å². The lowest BCUT2D eigenvalue weighted by atomic mass is 10.1. The van der Waals surface area contributed by atoms with Crippen LogP contribution in [0.1, 0.15) is 33.5 Å². The molecular weight excluding hydrogens is 546 g/mol. The number of carbonyl (C=O) groups is 4. The second-order valence-electron chi connectivity index (χ2n) is 9.93. The smallest absolute Gasteiger partial charge is 0.272 e. The first kappa shape index (κ1) is 28.6. The zero-order valence-electron chi connectivity index (χ0n) is 23.2. The quantitative estimate of drug-likeness (QED) is 0.195. The van der Waals surface area contributed by atoms with Crippen LogP contribution in [0.15, 0.2) is 114 Å². The highest BCUT2D eigenvalue weighted by Gasteiger charge is 2.40. The Labute approximate surface area is 248 Å². The molecule has 2 N–H and O–H groups in total. The summed E-state index contributed by atoms with van der Waals surface area (Å²) in [6.07, 6.45) is 1.77. The average molecular weight is 576 g/mol. The molecule has 0 spiro atoms. The summed E-state index contributed by atoms with van der Waals surface area (Å²) < 4.78 is 0. The van der Waals surface area contributed by atoms with E-state index in [9.17, 15) is 19.2 Å². The minimum atomic E-state index is -0.531. The summed E-state index contributed by atoms with van der Waals surface area (Å²) in [6.45, 7) is 3.88. The van der Waals surface area contributed by atoms with Gasteiger partial charge in [-0.1, -0.05) is 60.2 Å². The molecule has 1 atom stereocenters. The largest absolute Gasteiger partial charge is 0.321 e. The third kappa shape index (κ3) is 6.67. The lowest BCUT2D eigenvalue weighted by Crippen LogP contribution is -2.31. The Hall–Kier alpha value is -4.95. The van der Waals surface area contributed by atoms with E-state index in [0.29, 0.717) is 16.9 Å². The maximum atomic E-state index is 13.3. The summed E-state index contributed by atoms with van der Waals surface area (Å²) in [6, 6.07) is 30.6. The minimum Gasteiger partial charge on any atom is -0.321 e. The van der Waals surface area contributed by atoms with Gasteiger partial charge >= 0.3 is 0 Å². The highest BCUT2D eigenvalue weighted by atomic mass is 32.2. The first-order valence-corrected chi connectivity index (χ1v) is 14.3. The van der Waals surface area contributed by atoms with Gasteiger partial charge in [-0.15, -0.1) is 11.8 Å². The number of anilines is 2. The Morgan fingerprint density at radius 2 is 1.50 bits per heavy atom. The molecule has 0 bridgehead atoms. The second kappa shape index (κ2) is 12.7. The van der Waals surface area contributed by atoms with E-state index >= 15 is 0 Å². The number of benzene rings is 4. The molecular formula is C34H29N3O4S. The molecule has 1 fully saturated rings. The molecule has 0 aliphatic carbocycles. The fourth-order valence-corrected chi connectivity index (χ4v) is 5.54. The van der Waals surface area contributed by atoms with Crippen LogP contribution in [0.2, 0.25) is 0 Å². The van der Waals surface area contributed by atoms with Crippen LogP contribution in [0.5, 0.6) is 0 Å². The van der Waals surface area contributed by atoms with E-state index in [4.69, 9.17) is 0 Å². The number of nitrogens with zero attached hydrogens (tertiary/aromatic N) is 1. The van der Waals surface area contributed by atoms with Gasteiger partial charge in [-0.3, -0.25) is 19.2 Å². The van der Waals surface area contributed by atoms with Crippen LogP contribution >= 0.6 is 11.8 Å². The van der Waals surface area contributed by atoms with Crippen LogP contribution in [-0.4, -0.2) is 28.9 Å². The van der Waals surface area contributed by atoms with Crippen molar-refractivity contribution < 1.29 is 19.2 Å². The van der Waals surface area contributed by atoms with Gasteiger partial charge in [-0.05, 0) is 79.6 Å². The zero-order chi connectivity index (χ0) is 29.6. The fourth-order valence-electron chi connectivity index (χ4n) is 4.49. The molecule has 4 aromatic rings. The zero-order valence-corrected chi connectivity index (χ0v) is 24.0. The number of rotatable bonds is 8. The van der Waals surface area contributed by atoms with Crippen molar-refractivity contribution in [3.05, 3.63) is 131 Å². The van der Waals surface area contributed by atoms with Crippen molar-refractivity contribution in [3.63, 3.8) is 0 Å². The van der Waals surface area contributed by atoms with Crippen molar-refractivity contribution in [2.45, 2.75) is 30.4 Å². The maximum Gasteiger partial charge on any atom is 0.272 e. The molecule has 0 radical (unpaired) electrons. The Morgan fingerprint density at radius 1 is 0.833 bits per heavy atom. The highest BCUT2D eigenvalue weighted by molar-refractivity contribution is 8.00. The van der Waals surface area contributed by atoms with E-state index in [2.05, 4.69) is 10.6 Å². The lowest BCUT2D eigenvalue weighted by Gasteiger charge is -2.15. The van der Waals surface area contributed by atoms with Crippen molar-refractivity contribution >= 4 is 52.8 Å². The van der Waals surface area contributed by atoms with Crippen molar-refractivity contribution in [2.24, 2.45) is 0 Å². The Kier molecular flexibility index (Phi) is 8.64. The number of amides is 4. The van der Waals surface area contributed by atoms with Crippen LogP contribution < -0.4 is 15.5 Å². The molecule has 1 aliphatic rings. The fraction of sp³-hybridized carbons (Fsp3) is 0.118. The summed E-state index contributed by atoms with van der Waals surface area (Å²) in [5.74, 6) is -1.34. The average Bonchev–Trinajstić information content (AvgIpc) is 3.27. The molecule has 1 aliphatic heterocycles. The summed E-state index contributed by atoms with van der Waals surface area (Å²) in [7, 11) is 0. The van der Waals surface area contributed by atoms with Crippen molar-refractivity contribution in [1.29, 1.82) is 0 Å². The van der Waals surface area contributed by atoms with E-state index in [0.717, 1.165) is 21.6 Å². The lowest BCUT2D eigenvalue weighted by molar-refractivity contribution is -0.121. The third-order valence-electron chi connectivity index (χ3n) is 6.81. The van der Waals surface area contributed by atoms with Gasteiger partial charge in [0, 0.05) is 22.6 Å². The SMILES string of the molecule is Cc1ccc(N2C(=O)CC(Sc3ccc(NC(=O)/C(=C/c4ccccc4C)NC(=O)c4ccccc4)cc3)C2=O)cc1. The molecule has 7 nitrogen and oxygen atoms in total. The Balaban J connectivity index is 1.28. The van der Waals surface area contributed by atoms with E-state index in [1.54, 1.807) is 66.7 Å². The minimum absolute atomic E-state index is 0.0999. The number of hydrogen-bond acceptors (Lipinski definition) is 5. The van der Waals surface area contributed by atoms with E-state index < -0.39 is 17.1 Å². The molecule has 8 heteroatoms. The second-order valence-corrected chi connectivity index (χ2v) is 11.2. The van der Waals surface area contributed by atoms with Gasteiger partial charge in [0.25, 0.3) is 11.8 Å². The normalized spacial score (nSPS) is 15.0. The molecule has 4 aromatic carbocycles. The van der Waals surface area contributed by atoms with Gasteiger partial charge in [0.15, 0.2) is 0 Å². The molecule has 42 heavy (non-hydrogen) atoms. The van der Waals surface area contributed by atoms with Gasteiger partial charge in [-0.25, -0.2) is 4.90 Å². The molecule has 5 rings (SSSR count). The van der Waals surface area contributed by atoms with Gasteiger partial charge in [0.05, 0.1) is 10.9 Å². The standard InChI is InChI=1S/C34H29N3O4S/c1-22-12-16-27(17-13-22)37-31(38)21-30(34(37)41)42-28-18-14-26(15-19-28)35-33(40)29(20-25-11-7-6-8-23(25)2)36-32(39)24-9-4-3-5-10-24/h3-20,30H,21H2,1-2H3,(H,35,40)(H,36,39)/b29-20-. The van der Waals surface area contributed by atoms with Crippen LogP contribution in [0, 0.1) is 13.8 Å².